The summed E-state index contributed by atoms with van der Waals surface area (Å²) in [6.07, 6.45) is 11.3. The molecule has 0 saturated carbocycles. The lowest BCUT2D eigenvalue weighted by atomic mass is 10.1. The molecule has 2 aliphatic heterocycles. The quantitative estimate of drug-likeness (QED) is 0.698. The fourth-order valence-electron chi connectivity index (χ4n) is 3.16. The Balaban J connectivity index is 1.59. The molecule has 0 aromatic rings. The normalized spacial score (nSPS) is 30.6. The predicted molar refractivity (Wildman–Crippen MR) is 69.8 cm³/mol. The largest absolute Gasteiger partial charge is 0.310 e. The first-order chi connectivity index (χ1) is 7.88. The van der Waals surface area contributed by atoms with E-state index in [0.717, 1.165) is 12.1 Å². The molecule has 2 unspecified atom stereocenters. The molecule has 2 rings (SSSR count). The SMILES string of the molecule is CCCCCCCN1CCC2CCC(C1)N2. The zero-order valence-corrected chi connectivity index (χ0v) is 10.9. The molecule has 16 heavy (non-hydrogen) atoms. The molecule has 1 N–H and O–H groups in total. The Hall–Kier alpha value is -0.0800. The summed E-state index contributed by atoms with van der Waals surface area (Å²) >= 11 is 0. The van der Waals surface area contributed by atoms with Gasteiger partial charge in [-0.3, -0.25) is 0 Å². The Morgan fingerprint density at radius 1 is 1.00 bits per heavy atom. The van der Waals surface area contributed by atoms with E-state index in [1.807, 2.05) is 0 Å². The third-order valence-corrected chi connectivity index (χ3v) is 4.19. The van der Waals surface area contributed by atoms with Crippen LogP contribution in [0.3, 0.4) is 0 Å². The van der Waals surface area contributed by atoms with E-state index in [9.17, 15) is 0 Å². The maximum Gasteiger partial charge on any atom is 0.0198 e. The van der Waals surface area contributed by atoms with Gasteiger partial charge in [-0.15, -0.1) is 0 Å². The molecule has 2 atom stereocenters. The molecule has 2 heteroatoms. The van der Waals surface area contributed by atoms with Gasteiger partial charge in [0.05, 0.1) is 0 Å². The number of rotatable bonds is 6. The number of likely N-dealkylation sites (tertiary alicyclic amines) is 1. The van der Waals surface area contributed by atoms with Crippen molar-refractivity contribution in [1.82, 2.24) is 10.2 Å². The molecule has 2 aliphatic rings. The van der Waals surface area contributed by atoms with Crippen molar-refractivity contribution >= 4 is 0 Å². The molecule has 94 valence electrons. The molecule has 2 fully saturated rings. The first-order valence-corrected chi connectivity index (χ1v) is 7.37. The van der Waals surface area contributed by atoms with E-state index in [0.29, 0.717) is 0 Å². The Morgan fingerprint density at radius 2 is 1.81 bits per heavy atom. The zero-order valence-electron chi connectivity index (χ0n) is 10.9. The molecule has 0 amide bonds. The summed E-state index contributed by atoms with van der Waals surface area (Å²) in [7, 11) is 0. The van der Waals surface area contributed by atoms with Crippen LogP contribution in [0.1, 0.15) is 58.3 Å². The third kappa shape index (κ3) is 3.74. The fraction of sp³-hybridized carbons (Fsp3) is 1.00. The van der Waals surface area contributed by atoms with Gasteiger partial charge in [0.1, 0.15) is 0 Å². The van der Waals surface area contributed by atoms with Gasteiger partial charge in [-0.1, -0.05) is 32.6 Å². The Labute approximate surface area is 101 Å². The molecule has 2 nitrogen and oxygen atoms in total. The highest BCUT2D eigenvalue weighted by atomic mass is 15.2. The lowest BCUT2D eigenvalue weighted by Gasteiger charge is -2.23. The number of hydrogen-bond acceptors (Lipinski definition) is 2. The second-order valence-electron chi connectivity index (χ2n) is 5.64. The highest BCUT2D eigenvalue weighted by Crippen LogP contribution is 2.20. The standard InChI is InChI=1S/C14H28N2/c1-2-3-4-5-6-10-16-11-9-13-7-8-14(12-16)15-13/h13-15H,2-12H2,1H3. The Bertz CT molecular complexity index is 193. The van der Waals surface area contributed by atoms with Crippen molar-refractivity contribution in [3.05, 3.63) is 0 Å². The van der Waals surface area contributed by atoms with E-state index < -0.39 is 0 Å². The average molecular weight is 224 g/mol. The van der Waals surface area contributed by atoms with E-state index in [1.165, 1.54) is 71.0 Å². The van der Waals surface area contributed by atoms with Gasteiger partial charge in [-0.2, -0.15) is 0 Å². The topological polar surface area (TPSA) is 15.3 Å². The highest BCUT2D eigenvalue weighted by Gasteiger charge is 2.28. The molecule has 0 radical (unpaired) electrons. The molecule has 0 spiro atoms. The van der Waals surface area contributed by atoms with Gasteiger partial charge >= 0.3 is 0 Å². The summed E-state index contributed by atoms with van der Waals surface area (Å²) in [5.74, 6) is 0. The van der Waals surface area contributed by atoms with Crippen molar-refractivity contribution < 1.29 is 0 Å². The maximum absolute atomic E-state index is 3.75. The number of nitrogens with zero attached hydrogens (tertiary/aromatic N) is 1. The molecule has 0 aromatic carbocycles. The van der Waals surface area contributed by atoms with Gasteiger partial charge < -0.3 is 10.2 Å². The van der Waals surface area contributed by atoms with E-state index in [4.69, 9.17) is 0 Å². The maximum atomic E-state index is 3.75. The van der Waals surface area contributed by atoms with Crippen LogP contribution in [-0.2, 0) is 0 Å². The van der Waals surface area contributed by atoms with Gasteiger partial charge in [0.15, 0.2) is 0 Å². The summed E-state index contributed by atoms with van der Waals surface area (Å²) in [5.41, 5.74) is 0. The summed E-state index contributed by atoms with van der Waals surface area (Å²) in [6.45, 7) is 6.28. The number of unbranched alkanes of at least 4 members (excludes halogenated alkanes) is 4. The smallest absolute Gasteiger partial charge is 0.0198 e. The minimum atomic E-state index is 0.808. The monoisotopic (exact) mass is 224 g/mol. The number of fused-ring (bicyclic) bond motifs is 2. The van der Waals surface area contributed by atoms with Crippen molar-refractivity contribution in [2.75, 3.05) is 19.6 Å². The molecular formula is C14H28N2. The third-order valence-electron chi connectivity index (χ3n) is 4.19. The van der Waals surface area contributed by atoms with Crippen LogP contribution in [0.15, 0.2) is 0 Å². The minimum Gasteiger partial charge on any atom is -0.310 e. The van der Waals surface area contributed by atoms with Crippen LogP contribution in [0.25, 0.3) is 0 Å². The lowest BCUT2D eigenvalue weighted by molar-refractivity contribution is 0.253. The van der Waals surface area contributed by atoms with Crippen molar-refractivity contribution in [2.24, 2.45) is 0 Å². The van der Waals surface area contributed by atoms with E-state index in [-0.39, 0.29) is 0 Å². The molecular weight excluding hydrogens is 196 g/mol. The Kier molecular flexibility index (Phi) is 5.11. The first kappa shape index (κ1) is 12.4. The lowest BCUT2D eigenvalue weighted by Crippen LogP contribution is -2.35. The van der Waals surface area contributed by atoms with Gasteiger partial charge in [-0.25, -0.2) is 0 Å². The molecule has 2 saturated heterocycles. The summed E-state index contributed by atoms with van der Waals surface area (Å²) in [4.78, 5) is 2.70. The van der Waals surface area contributed by atoms with Gasteiger partial charge in [0.2, 0.25) is 0 Å². The average Bonchev–Trinajstić information content (AvgIpc) is 2.61. The van der Waals surface area contributed by atoms with E-state index in [1.54, 1.807) is 0 Å². The van der Waals surface area contributed by atoms with Gasteiger partial charge in [0, 0.05) is 18.6 Å². The first-order valence-electron chi connectivity index (χ1n) is 7.37. The van der Waals surface area contributed by atoms with Crippen LogP contribution in [0.5, 0.6) is 0 Å². The highest BCUT2D eigenvalue weighted by molar-refractivity contribution is 4.89. The minimum absolute atomic E-state index is 0.808. The van der Waals surface area contributed by atoms with E-state index >= 15 is 0 Å². The van der Waals surface area contributed by atoms with Gasteiger partial charge in [-0.05, 0) is 38.8 Å². The Morgan fingerprint density at radius 3 is 2.69 bits per heavy atom. The van der Waals surface area contributed by atoms with E-state index in [2.05, 4.69) is 17.1 Å². The second kappa shape index (κ2) is 6.61. The van der Waals surface area contributed by atoms with Crippen LogP contribution < -0.4 is 5.32 Å². The summed E-state index contributed by atoms with van der Waals surface area (Å²) in [6, 6.07) is 1.65. The van der Waals surface area contributed by atoms with Crippen LogP contribution in [0, 0.1) is 0 Å². The van der Waals surface area contributed by atoms with Crippen LogP contribution in [0.2, 0.25) is 0 Å². The molecule has 0 aliphatic carbocycles. The molecule has 2 bridgehead atoms. The van der Waals surface area contributed by atoms with Gasteiger partial charge in [0.25, 0.3) is 0 Å². The van der Waals surface area contributed by atoms with Crippen LogP contribution >= 0.6 is 0 Å². The van der Waals surface area contributed by atoms with Crippen molar-refractivity contribution in [2.45, 2.75) is 70.4 Å². The molecule has 2 heterocycles. The number of hydrogen-bond donors (Lipinski definition) is 1. The predicted octanol–water partition coefficient (Wildman–Crippen LogP) is 2.78. The molecule has 0 aromatic heterocycles. The summed E-state index contributed by atoms with van der Waals surface area (Å²) in [5, 5.41) is 3.75. The van der Waals surface area contributed by atoms with Crippen molar-refractivity contribution in [3.8, 4) is 0 Å². The van der Waals surface area contributed by atoms with Crippen LogP contribution in [-0.4, -0.2) is 36.6 Å². The number of nitrogens with one attached hydrogen (secondary N) is 1. The summed E-state index contributed by atoms with van der Waals surface area (Å²) < 4.78 is 0. The fourth-order valence-corrected chi connectivity index (χ4v) is 3.16. The van der Waals surface area contributed by atoms with Crippen LogP contribution in [0.4, 0.5) is 0 Å². The zero-order chi connectivity index (χ0) is 11.2. The van der Waals surface area contributed by atoms with Crippen molar-refractivity contribution in [1.29, 1.82) is 0 Å². The van der Waals surface area contributed by atoms with Crippen molar-refractivity contribution in [3.63, 3.8) is 0 Å². The second-order valence-corrected chi connectivity index (χ2v) is 5.64.